The number of anilines is 1. The third-order valence-corrected chi connectivity index (χ3v) is 2.84. The van der Waals surface area contributed by atoms with Gasteiger partial charge in [-0.25, -0.2) is 15.8 Å². The summed E-state index contributed by atoms with van der Waals surface area (Å²) in [5.41, 5.74) is 3.41. The summed E-state index contributed by atoms with van der Waals surface area (Å²) in [6, 6.07) is 1.79. The standard InChI is InChI=1S/C11H19N5O2/c1-8-4-10(15-12)14-11(13-8)6-16-2-3-18-9(5-16)7-17/h4,9,17H,2-3,5-7,12H2,1H3,(H,13,14,15). The molecule has 1 unspecified atom stereocenters. The summed E-state index contributed by atoms with van der Waals surface area (Å²) in [6.45, 7) is 4.72. The number of aromatic nitrogens is 2. The highest BCUT2D eigenvalue weighted by molar-refractivity contribution is 5.33. The number of hydrazine groups is 1. The number of nitrogens with one attached hydrogen (secondary N) is 1. The lowest BCUT2D eigenvalue weighted by Gasteiger charge is -2.31. The molecular weight excluding hydrogens is 234 g/mol. The van der Waals surface area contributed by atoms with E-state index in [9.17, 15) is 0 Å². The molecule has 0 bridgehead atoms. The van der Waals surface area contributed by atoms with Crippen molar-refractivity contribution in [2.45, 2.75) is 19.6 Å². The minimum Gasteiger partial charge on any atom is -0.394 e. The van der Waals surface area contributed by atoms with Crippen molar-refractivity contribution >= 4 is 5.82 Å². The van der Waals surface area contributed by atoms with Crippen molar-refractivity contribution in [1.82, 2.24) is 14.9 Å². The molecule has 2 rings (SSSR count). The molecule has 1 fully saturated rings. The van der Waals surface area contributed by atoms with E-state index in [1.807, 2.05) is 6.92 Å². The Morgan fingerprint density at radius 2 is 2.44 bits per heavy atom. The second kappa shape index (κ2) is 6.05. The highest BCUT2D eigenvalue weighted by atomic mass is 16.5. The minimum atomic E-state index is -0.115. The van der Waals surface area contributed by atoms with Gasteiger partial charge in [0.1, 0.15) is 11.6 Å². The van der Waals surface area contributed by atoms with Crippen LogP contribution in [0.25, 0.3) is 0 Å². The van der Waals surface area contributed by atoms with E-state index >= 15 is 0 Å². The van der Waals surface area contributed by atoms with E-state index in [-0.39, 0.29) is 12.7 Å². The number of morpholine rings is 1. The lowest BCUT2D eigenvalue weighted by atomic mass is 10.3. The maximum atomic E-state index is 9.09. The van der Waals surface area contributed by atoms with Crippen LogP contribution in [0.1, 0.15) is 11.5 Å². The molecule has 0 aliphatic carbocycles. The zero-order valence-corrected chi connectivity index (χ0v) is 10.5. The molecule has 1 aromatic rings. The van der Waals surface area contributed by atoms with Gasteiger partial charge in [0.15, 0.2) is 0 Å². The molecule has 1 saturated heterocycles. The smallest absolute Gasteiger partial charge is 0.145 e. The fourth-order valence-electron chi connectivity index (χ4n) is 2.01. The Morgan fingerprint density at radius 3 is 3.17 bits per heavy atom. The molecule has 100 valence electrons. The van der Waals surface area contributed by atoms with Crippen LogP contribution in [0.15, 0.2) is 6.07 Å². The molecule has 1 aliphatic heterocycles. The fraction of sp³-hybridized carbons (Fsp3) is 0.636. The Labute approximate surface area is 106 Å². The molecule has 4 N–H and O–H groups in total. The molecule has 0 saturated carbocycles. The lowest BCUT2D eigenvalue weighted by molar-refractivity contribution is -0.0556. The molecule has 0 spiro atoms. The molecule has 1 aromatic heterocycles. The summed E-state index contributed by atoms with van der Waals surface area (Å²) < 4.78 is 5.40. The fourth-order valence-corrected chi connectivity index (χ4v) is 2.01. The van der Waals surface area contributed by atoms with Gasteiger partial charge in [-0.3, -0.25) is 4.90 Å². The Kier molecular flexibility index (Phi) is 4.43. The van der Waals surface area contributed by atoms with E-state index in [1.165, 1.54) is 0 Å². The summed E-state index contributed by atoms with van der Waals surface area (Å²) in [5.74, 6) is 6.70. The van der Waals surface area contributed by atoms with Crippen LogP contribution in [0, 0.1) is 6.92 Å². The van der Waals surface area contributed by atoms with Crippen molar-refractivity contribution in [3.8, 4) is 0 Å². The van der Waals surface area contributed by atoms with Crippen LogP contribution in [-0.4, -0.2) is 52.4 Å². The number of nitrogens with zero attached hydrogens (tertiary/aromatic N) is 3. The Balaban J connectivity index is 2.02. The van der Waals surface area contributed by atoms with Gasteiger partial charge in [-0.1, -0.05) is 0 Å². The molecule has 7 heteroatoms. The van der Waals surface area contributed by atoms with Crippen LogP contribution in [-0.2, 0) is 11.3 Å². The molecule has 1 aliphatic rings. The molecule has 2 heterocycles. The van der Waals surface area contributed by atoms with Gasteiger partial charge < -0.3 is 15.3 Å². The average molecular weight is 253 g/mol. The van der Waals surface area contributed by atoms with E-state index < -0.39 is 0 Å². The first-order valence-electron chi connectivity index (χ1n) is 5.97. The van der Waals surface area contributed by atoms with Crippen molar-refractivity contribution in [3.63, 3.8) is 0 Å². The maximum Gasteiger partial charge on any atom is 0.145 e. The van der Waals surface area contributed by atoms with Gasteiger partial charge in [0.25, 0.3) is 0 Å². The highest BCUT2D eigenvalue weighted by Crippen LogP contribution is 2.10. The summed E-state index contributed by atoms with van der Waals surface area (Å²) in [5, 5.41) is 9.09. The van der Waals surface area contributed by atoms with Crippen molar-refractivity contribution in [2.75, 3.05) is 31.7 Å². The van der Waals surface area contributed by atoms with Gasteiger partial charge in [0.05, 0.1) is 25.9 Å². The van der Waals surface area contributed by atoms with E-state index in [0.717, 1.165) is 18.1 Å². The van der Waals surface area contributed by atoms with Crippen LogP contribution in [0.4, 0.5) is 5.82 Å². The SMILES string of the molecule is Cc1cc(NN)nc(CN2CCOC(CO)C2)n1. The van der Waals surface area contributed by atoms with Crippen LogP contribution in [0.5, 0.6) is 0 Å². The first-order valence-corrected chi connectivity index (χ1v) is 5.97. The van der Waals surface area contributed by atoms with Crippen LogP contribution >= 0.6 is 0 Å². The first kappa shape index (κ1) is 13.2. The molecule has 0 amide bonds. The second-order valence-corrected chi connectivity index (χ2v) is 4.37. The number of aliphatic hydroxyl groups is 1. The normalized spacial score (nSPS) is 20.9. The molecule has 0 radical (unpaired) electrons. The number of ether oxygens (including phenoxy) is 1. The van der Waals surface area contributed by atoms with Gasteiger partial charge in [-0.15, -0.1) is 0 Å². The summed E-state index contributed by atoms with van der Waals surface area (Å²) in [7, 11) is 0. The monoisotopic (exact) mass is 253 g/mol. The van der Waals surface area contributed by atoms with E-state index in [0.29, 0.717) is 25.5 Å². The second-order valence-electron chi connectivity index (χ2n) is 4.37. The quantitative estimate of drug-likeness (QED) is 0.480. The Bertz CT molecular complexity index is 401. The predicted octanol–water partition coefficient (Wildman–Crippen LogP) is -0.736. The first-order chi connectivity index (χ1) is 8.71. The van der Waals surface area contributed by atoms with Gasteiger partial charge in [-0.05, 0) is 6.92 Å². The summed E-state index contributed by atoms with van der Waals surface area (Å²) in [4.78, 5) is 10.8. The van der Waals surface area contributed by atoms with Crippen molar-refractivity contribution in [1.29, 1.82) is 0 Å². The van der Waals surface area contributed by atoms with Crippen molar-refractivity contribution in [2.24, 2.45) is 5.84 Å². The van der Waals surface area contributed by atoms with E-state index in [1.54, 1.807) is 6.07 Å². The van der Waals surface area contributed by atoms with Gasteiger partial charge >= 0.3 is 0 Å². The number of nitrogens with two attached hydrogens (primary N) is 1. The summed E-state index contributed by atoms with van der Waals surface area (Å²) >= 11 is 0. The zero-order valence-electron chi connectivity index (χ0n) is 10.5. The predicted molar refractivity (Wildman–Crippen MR) is 66.7 cm³/mol. The van der Waals surface area contributed by atoms with Crippen LogP contribution < -0.4 is 11.3 Å². The third kappa shape index (κ3) is 3.36. The number of hydrogen-bond donors (Lipinski definition) is 3. The average Bonchev–Trinajstić information content (AvgIpc) is 2.38. The Morgan fingerprint density at radius 1 is 1.61 bits per heavy atom. The minimum absolute atomic E-state index is 0.0424. The number of aryl methyl sites for hydroxylation is 1. The van der Waals surface area contributed by atoms with Crippen LogP contribution in [0.3, 0.4) is 0 Å². The Hall–Kier alpha value is -1.28. The van der Waals surface area contributed by atoms with E-state index in [4.69, 9.17) is 15.7 Å². The van der Waals surface area contributed by atoms with Gasteiger partial charge in [0, 0.05) is 24.8 Å². The number of nitrogen functional groups attached to an aromatic ring is 1. The maximum absolute atomic E-state index is 9.09. The highest BCUT2D eigenvalue weighted by Gasteiger charge is 2.20. The van der Waals surface area contributed by atoms with Gasteiger partial charge in [-0.2, -0.15) is 0 Å². The summed E-state index contributed by atoms with van der Waals surface area (Å²) in [6.07, 6.45) is -0.115. The molecule has 1 atom stereocenters. The van der Waals surface area contributed by atoms with Gasteiger partial charge in [0.2, 0.25) is 0 Å². The lowest BCUT2D eigenvalue weighted by Crippen LogP contribution is -2.43. The number of rotatable bonds is 4. The third-order valence-electron chi connectivity index (χ3n) is 2.84. The molecule has 0 aromatic carbocycles. The zero-order chi connectivity index (χ0) is 13.0. The van der Waals surface area contributed by atoms with Crippen molar-refractivity contribution < 1.29 is 9.84 Å². The molecular formula is C11H19N5O2. The van der Waals surface area contributed by atoms with Crippen molar-refractivity contribution in [3.05, 3.63) is 17.6 Å². The topological polar surface area (TPSA) is 96.5 Å². The molecule has 7 nitrogen and oxygen atoms in total. The number of aliphatic hydroxyl groups excluding tert-OH is 1. The van der Waals surface area contributed by atoms with E-state index in [2.05, 4.69) is 20.3 Å². The molecule has 18 heavy (non-hydrogen) atoms. The number of hydrogen-bond acceptors (Lipinski definition) is 7. The van der Waals surface area contributed by atoms with Crippen LogP contribution in [0.2, 0.25) is 0 Å². The largest absolute Gasteiger partial charge is 0.394 e.